The number of para-hydroxylation sites is 1. The van der Waals surface area contributed by atoms with Crippen molar-refractivity contribution in [3.8, 4) is 0 Å². The minimum Gasteiger partial charge on any atom is -0.380 e. The van der Waals surface area contributed by atoms with Crippen molar-refractivity contribution in [1.29, 1.82) is 0 Å². The highest BCUT2D eigenvalue weighted by Crippen LogP contribution is 2.27. The molecule has 0 bridgehead atoms. The average Bonchev–Trinajstić information content (AvgIpc) is 3.01. The Morgan fingerprint density at radius 3 is 2.62 bits per heavy atom. The summed E-state index contributed by atoms with van der Waals surface area (Å²) in [5.74, 6) is 0. The molecule has 1 fully saturated rings. The van der Waals surface area contributed by atoms with Crippen LogP contribution in [0, 0.1) is 3.57 Å². The van der Waals surface area contributed by atoms with Gasteiger partial charge in [-0.15, -0.1) is 0 Å². The summed E-state index contributed by atoms with van der Waals surface area (Å²) in [7, 11) is 0. The molecule has 21 heavy (non-hydrogen) atoms. The van der Waals surface area contributed by atoms with Gasteiger partial charge in [0.2, 0.25) is 0 Å². The standard InChI is InChI=1S/C17H18ClIN2/c18-15-11-14(19)7-8-16(15)20-12-13-5-1-2-6-17(13)21-9-3-4-10-21/h1-2,5-8,11,20H,3-4,9-10,12H2. The molecule has 0 saturated carbocycles. The van der Waals surface area contributed by atoms with Gasteiger partial charge >= 0.3 is 0 Å². The van der Waals surface area contributed by atoms with Crippen LogP contribution in [0.5, 0.6) is 0 Å². The van der Waals surface area contributed by atoms with Crippen LogP contribution in [0.4, 0.5) is 11.4 Å². The largest absolute Gasteiger partial charge is 0.380 e. The lowest BCUT2D eigenvalue weighted by atomic mass is 10.1. The first-order chi connectivity index (χ1) is 10.2. The van der Waals surface area contributed by atoms with Gasteiger partial charge in [-0.25, -0.2) is 0 Å². The zero-order valence-electron chi connectivity index (χ0n) is 11.8. The Balaban J connectivity index is 1.75. The van der Waals surface area contributed by atoms with E-state index in [1.165, 1.54) is 37.2 Å². The lowest BCUT2D eigenvalue weighted by Gasteiger charge is -2.22. The van der Waals surface area contributed by atoms with Crippen molar-refractivity contribution >= 4 is 45.6 Å². The fraction of sp³-hybridized carbons (Fsp3) is 0.294. The molecule has 0 radical (unpaired) electrons. The molecule has 0 aliphatic carbocycles. The van der Waals surface area contributed by atoms with Crippen molar-refractivity contribution in [3.05, 3.63) is 56.6 Å². The molecule has 110 valence electrons. The fourth-order valence-corrected chi connectivity index (χ4v) is 3.67. The number of halogens is 2. The monoisotopic (exact) mass is 412 g/mol. The van der Waals surface area contributed by atoms with E-state index in [1.54, 1.807) is 0 Å². The molecule has 0 aromatic heterocycles. The number of benzene rings is 2. The Morgan fingerprint density at radius 2 is 1.86 bits per heavy atom. The van der Waals surface area contributed by atoms with E-state index in [1.807, 2.05) is 12.1 Å². The minimum atomic E-state index is 0.778. The van der Waals surface area contributed by atoms with E-state index in [0.29, 0.717) is 0 Å². The number of anilines is 2. The summed E-state index contributed by atoms with van der Waals surface area (Å²) >= 11 is 8.56. The Hall–Kier alpha value is -0.940. The maximum absolute atomic E-state index is 6.28. The molecule has 1 saturated heterocycles. The van der Waals surface area contributed by atoms with Crippen molar-refractivity contribution in [2.45, 2.75) is 19.4 Å². The van der Waals surface area contributed by atoms with Gasteiger partial charge in [0.1, 0.15) is 0 Å². The SMILES string of the molecule is Clc1cc(I)ccc1NCc1ccccc1N1CCCC1. The predicted molar refractivity (Wildman–Crippen MR) is 99.4 cm³/mol. The molecule has 1 aliphatic heterocycles. The van der Waals surface area contributed by atoms with Gasteiger partial charge in [-0.05, 0) is 65.3 Å². The summed E-state index contributed by atoms with van der Waals surface area (Å²) in [5.41, 5.74) is 3.67. The molecule has 0 spiro atoms. The van der Waals surface area contributed by atoms with E-state index in [9.17, 15) is 0 Å². The molecular weight excluding hydrogens is 395 g/mol. The van der Waals surface area contributed by atoms with Crippen molar-refractivity contribution in [2.75, 3.05) is 23.3 Å². The summed E-state index contributed by atoms with van der Waals surface area (Å²) in [6.45, 7) is 3.13. The molecule has 1 heterocycles. The van der Waals surface area contributed by atoms with Crippen LogP contribution in [0.25, 0.3) is 0 Å². The third kappa shape index (κ3) is 3.64. The third-order valence-corrected chi connectivity index (χ3v) is 4.82. The number of nitrogens with zero attached hydrogens (tertiary/aromatic N) is 1. The van der Waals surface area contributed by atoms with Gasteiger partial charge in [0.25, 0.3) is 0 Å². The first-order valence-corrected chi connectivity index (χ1v) is 8.71. The topological polar surface area (TPSA) is 15.3 Å². The maximum Gasteiger partial charge on any atom is 0.0648 e. The Labute approximate surface area is 144 Å². The molecule has 2 nitrogen and oxygen atoms in total. The van der Waals surface area contributed by atoms with E-state index in [4.69, 9.17) is 11.6 Å². The smallest absolute Gasteiger partial charge is 0.0648 e. The van der Waals surface area contributed by atoms with Crippen molar-refractivity contribution in [3.63, 3.8) is 0 Å². The first kappa shape index (κ1) is 15.0. The van der Waals surface area contributed by atoms with Gasteiger partial charge in [-0.2, -0.15) is 0 Å². The lowest BCUT2D eigenvalue weighted by Crippen LogP contribution is -2.19. The minimum absolute atomic E-state index is 0.778. The van der Waals surface area contributed by atoms with Crippen LogP contribution in [0.3, 0.4) is 0 Å². The van der Waals surface area contributed by atoms with Gasteiger partial charge < -0.3 is 10.2 Å². The molecular formula is C17H18ClIN2. The van der Waals surface area contributed by atoms with E-state index < -0.39 is 0 Å². The van der Waals surface area contributed by atoms with Gasteiger partial charge in [0.15, 0.2) is 0 Å². The maximum atomic E-state index is 6.28. The highest BCUT2D eigenvalue weighted by Gasteiger charge is 2.15. The molecule has 3 rings (SSSR count). The van der Waals surface area contributed by atoms with Gasteiger partial charge in [0, 0.05) is 28.9 Å². The molecule has 4 heteroatoms. The van der Waals surface area contributed by atoms with Crippen LogP contribution in [-0.2, 0) is 6.54 Å². The third-order valence-electron chi connectivity index (χ3n) is 3.84. The van der Waals surface area contributed by atoms with Crippen LogP contribution >= 0.6 is 34.2 Å². The molecule has 2 aromatic carbocycles. The quantitative estimate of drug-likeness (QED) is 0.698. The van der Waals surface area contributed by atoms with Crippen LogP contribution < -0.4 is 10.2 Å². The van der Waals surface area contributed by atoms with Crippen LogP contribution in [-0.4, -0.2) is 13.1 Å². The summed E-state index contributed by atoms with van der Waals surface area (Å²) in [4.78, 5) is 2.48. The molecule has 0 amide bonds. The summed E-state index contributed by atoms with van der Waals surface area (Å²) in [6.07, 6.45) is 2.59. The van der Waals surface area contributed by atoms with E-state index in [-0.39, 0.29) is 0 Å². The number of rotatable bonds is 4. The molecule has 2 aromatic rings. The summed E-state index contributed by atoms with van der Waals surface area (Å²) in [6, 6.07) is 14.7. The molecule has 1 N–H and O–H groups in total. The van der Waals surface area contributed by atoms with Crippen LogP contribution in [0.1, 0.15) is 18.4 Å². The normalized spacial score (nSPS) is 14.5. The predicted octanol–water partition coefficient (Wildman–Crippen LogP) is 5.16. The van der Waals surface area contributed by atoms with E-state index in [2.05, 4.69) is 63.1 Å². The zero-order chi connectivity index (χ0) is 14.7. The van der Waals surface area contributed by atoms with Crippen LogP contribution in [0.2, 0.25) is 5.02 Å². The van der Waals surface area contributed by atoms with Crippen LogP contribution in [0.15, 0.2) is 42.5 Å². The number of nitrogens with one attached hydrogen (secondary N) is 1. The Bertz CT molecular complexity index is 624. The van der Waals surface area contributed by atoms with E-state index >= 15 is 0 Å². The zero-order valence-corrected chi connectivity index (χ0v) is 14.7. The molecule has 1 aliphatic rings. The van der Waals surface area contributed by atoms with Crippen molar-refractivity contribution in [1.82, 2.24) is 0 Å². The lowest BCUT2D eigenvalue weighted by molar-refractivity contribution is 0.949. The molecule has 0 unspecified atom stereocenters. The average molecular weight is 413 g/mol. The Morgan fingerprint density at radius 1 is 1.10 bits per heavy atom. The highest BCUT2D eigenvalue weighted by molar-refractivity contribution is 14.1. The summed E-state index contributed by atoms with van der Waals surface area (Å²) in [5, 5.41) is 4.24. The molecule has 0 atom stereocenters. The van der Waals surface area contributed by atoms with E-state index in [0.717, 1.165) is 20.8 Å². The summed E-state index contributed by atoms with van der Waals surface area (Å²) < 4.78 is 1.15. The fourth-order valence-electron chi connectivity index (χ4n) is 2.75. The van der Waals surface area contributed by atoms with Crippen molar-refractivity contribution in [2.24, 2.45) is 0 Å². The number of hydrogen-bond acceptors (Lipinski definition) is 2. The Kier molecular flexibility index (Phi) is 4.91. The highest BCUT2D eigenvalue weighted by atomic mass is 127. The van der Waals surface area contributed by atoms with Gasteiger partial charge in [-0.3, -0.25) is 0 Å². The van der Waals surface area contributed by atoms with Gasteiger partial charge in [-0.1, -0.05) is 29.8 Å². The van der Waals surface area contributed by atoms with Gasteiger partial charge in [0.05, 0.1) is 10.7 Å². The number of hydrogen-bond donors (Lipinski definition) is 1. The first-order valence-electron chi connectivity index (χ1n) is 7.26. The second-order valence-electron chi connectivity index (χ2n) is 5.30. The van der Waals surface area contributed by atoms with Crippen molar-refractivity contribution < 1.29 is 0 Å². The second-order valence-corrected chi connectivity index (χ2v) is 6.95. The second kappa shape index (κ2) is 6.88.